The second-order valence-corrected chi connectivity index (χ2v) is 5.33. The Balaban J connectivity index is 2.07. The number of hydrogen-bond acceptors (Lipinski definition) is 3. The van der Waals surface area contributed by atoms with Crippen LogP contribution < -0.4 is 5.32 Å². The molecule has 2 aromatic rings. The summed E-state index contributed by atoms with van der Waals surface area (Å²) in [6.07, 6.45) is 1.70. The van der Waals surface area contributed by atoms with Crippen LogP contribution in [0.1, 0.15) is 16.1 Å². The summed E-state index contributed by atoms with van der Waals surface area (Å²) >= 11 is 3.32. The zero-order valence-corrected chi connectivity index (χ0v) is 12.6. The minimum Gasteiger partial charge on any atom is -0.480 e. The van der Waals surface area contributed by atoms with E-state index in [0.29, 0.717) is 0 Å². The van der Waals surface area contributed by atoms with Crippen LogP contribution in [-0.2, 0) is 11.2 Å². The van der Waals surface area contributed by atoms with E-state index in [1.807, 2.05) is 24.3 Å². The van der Waals surface area contributed by atoms with Gasteiger partial charge in [-0.05, 0) is 29.8 Å². The van der Waals surface area contributed by atoms with E-state index in [1.54, 1.807) is 12.1 Å². The average molecular weight is 349 g/mol. The highest BCUT2D eigenvalue weighted by Crippen LogP contribution is 2.12. The van der Waals surface area contributed by atoms with Crippen LogP contribution in [0, 0.1) is 0 Å². The molecule has 0 radical (unpaired) electrons. The third-order valence-electron chi connectivity index (χ3n) is 2.85. The Hall–Kier alpha value is -2.21. The maximum atomic E-state index is 12.0. The normalized spacial score (nSPS) is 11.7. The summed E-state index contributed by atoms with van der Waals surface area (Å²) in [5.41, 5.74) is 1.02. The number of carboxylic acids is 1. The van der Waals surface area contributed by atoms with Gasteiger partial charge in [0.2, 0.25) is 0 Å². The first kappa shape index (κ1) is 15.2. The minimum atomic E-state index is -1.08. The van der Waals surface area contributed by atoms with Crippen molar-refractivity contribution in [1.82, 2.24) is 10.3 Å². The van der Waals surface area contributed by atoms with E-state index in [0.717, 1.165) is 10.0 Å². The molecule has 5 nitrogen and oxygen atoms in total. The van der Waals surface area contributed by atoms with Gasteiger partial charge in [-0.1, -0.05) is 34.1 Å². The first-order valence-corrected chi connectivity index (χ1v) is 7.04. The summed E-state index contributed by atoms with van der Waals surface area (Å²) in [5.74, 6) is -1.58. The van der Waals surface area contributed by atoms with Crippen molar-refractivity contribution in [3.05, 3.63) is 64.4 Å². The number of halogens is 1. The maximum Gasteiger partial charge on any atom is 0.326 e. The van der Waals surface area contributed by atoms with Crippen molar-refractivity contribution in [2.45, 2.75) is 12.5 Å². The zero-order chi connectivity index (χ0) is 15.2. The molecule has 0 spiro atoms. The van der Waals surface area contributed by atoms with Gasteiger partial charge in [-0.25, -0.2) is 4.79 Å². The number of carbonyl (C=O) groups excluding carboxylic acids is 1. The first-order chi connectivity index (χ1) is 10.1. The van der Waals surface area contributed by atoms with Gasteiger partial charge in [0.1, 0.15) is 11.7 Å². The molecule has 2 N–H and O–H groups in total. The number of nitrogens with one attached hydrogen (secondary N) is 1. The Labute approximate surface area is 130 Å². The number of aliphatic carboxylic acids is 1. The fourth-order valence-corrected chi connectivity index (χ4v) is 2.05. The molecule has 0 unspecified atom stereocenters. The first-order valence-electron chi connectivity index (χ1n) is 6.25. The van der Waals surface area contributed by atoms with Gasteiger partial charge >= 0.3 is 5.97 Å². The van der Waals surface area contributed by atoms with Crippen molar-refractivity contribution in [2.75, 3.05) is 0 Å². The Morgan fingerprint density at radius 1 is 1.19 bits per heavy atom. The fraction of sp³-hybridized carbons (Fsp3) is 0.133. The quantitative estimate of drug-likeness (QED) is 0.868. The van der Waals surface area contributed by atoms with Crippen LogP contribution in [0.25, 0.3) is 0 Å². The van der Waals surface area contributed by atoms with Crippen molar-refractivity contribution in [1.29, 1.82) is 0 Å². The fourth-order valence-electron chi connectivity index (χ4n) is 1.79. The lowest BCUT2D eigenvalue weighted by Crippen LogP contribution is -2.42. The highest BCUT2D eigenvalue weighted by atomic mass is 79.9. The van der Waals surface area contributed by atoms with Crippen LogP contribution in [0.3, 0.4) is 0 Å². The number of aromatic nitrogens is 1. The summed E-state index contributed by atoms with van der Waals surface area (Å²) in [5, 5.41) is 11.7. The molecule has 2 rings (SSSR count). The van der Waals surface area contributed by atoms with Gasteiger partial charge in [-0.2, -0.15) is 0 Å². The van der Waals surface area contributed by atoms with Gasteiger partial charge in [0.05, 0.1) is 0 Å². The predicted molar refractivity (Wildman–Crippen MR) is 81.0 cm³/mol. The van der Waals surface area contributed by atoms with Crippen molar-refractivity contribution in [2.24, 2.45) is 0 Å². The van der Waals surface area contributed by atoms with E-state index in [9.17, 15) is 14.7 Å². The zero-order valence-electron chi connectivity index (χ0n) is 11.0. The monoisotopic (exact) mass is 348 g/mol. The molecule has 0 saturated heterocycles. The van der Waals surface area contributed by atoms with Crippen molar-refractivity contribution in [3.63, 3.8) is 0 Å². The van der Waals surface area contributed by atoms with Gasteiger partial charge in [-0.15, -0.1) is 0 Å². The standard InChI is InChI=1S/C15H13BrN2O3/c16-11-6-4-10(5-7-11)9-13(15(20)21)18-14(19)12-3-1-2-8-17-12/h1-8,13H,9H2,(H,18,19)(H,20,21)/t13-/m0/s1. The van der Waals surface area contributed by atoms with Crippen molar-refractivity contribution >= 4 is 27.8 Å². The second kappa shape index (κ2) is 6.99. The molecule has 1 amide bonds. The van der Waals surface area contributed by atoms with Crippen LogP contribution in [0.5, 0.6) is 0 Å². The molecule has 0 fully saturated rings. The van der Waals surface area contributed by atoms with Crippen LogP contribution in [0.15, 0.2) is 53.1 Å². The molecule has 0 aliphatic carbocycles. The largest absolute Gasteiger partial charge is 0.480 e. The van der Waals surface area contributed by atoms with E-state index in [1.165, 1.54) is 12.3 Å². The molecule has 1 atom stereocenters. The highest BCUT2D eigenvalue weighted by Gasteiger charge is 2.21. The number of amides is 1. The molecule has 108 valence electrons. The van der Waals surface area contributed by atoms with Gasteiger partial charge in [0.15, 0.2) is 0 Å². The van der Waals surface area contributed by atoms with E-state index in [-0.39, 0.29) is 12.1 Å². The molecule has 1 heterocycles. The number of nitrogens with zero attached hydrogens (tertiary/aromatic N) is 1. The van der Waals surface area contributed by atoms with Gasteiger partial charge in [0.25, 0.3) is 5.91 Å². The molecular formula is C15H13BrN2O3. The Bertz CT molecular complexity index is 629. The summed E-state index contributed by atoms with van der Waals surface area (Å²) in [6, 6.07) is 11.2. The smallest absolute Gasteiger partial charge is 0.326 e. The topological polar surface area (TPSA) is 79.3 Å². The lowest BCUT2D eigenvalue weighted by atomic mass is 10.1. The van der Waals surface area contributed by atoms with Gasteiger partial charge in [-0.3, -0.25) is 9.78 Å². The number of hydrogen-bond donors (Lipinski definition) is 2. The summed E-state index contributed by atoms with van der Waals surface area (Å²) < 4.78 is 0.913. The van der Waals surface area contributed by atoms with Crippen LogP contribution in [0.2, 0.25) is 0 Å². The Morgan fingerprint density at radius 2 is 1.90 bits per heavy atom. The minimum absolute atomic E-state index is 0.194. The average Bonchev–Trinajstić information content (AvgIpc) is 2.49. The second-order valence-electron chi connectivity index (χ2n) is 4.41. The van der Waals surface area contributed by atoms with Crippen LogP contribution in [0.4, 0.5) is 0 Å². The third-order valence-corrected chi connectivity index (χ3v) is 3.38. The Morgan fingerprint density at radius 3 is 2.48 bits per heavy atom. The molecular weight excluding hydrogens is 336 g/mol. The Kier molecular flexibility index (Phi) is 5.05. The van der Waals surface area contributed by atoms with Gasteiger partial charge in [0, 0.05) is 17.1 Å². The lowest BCUT2D eigenvalue weighted by molar-refractivity contribution is -0.139. The van der Waals surface area contributed by atoms with E-state index < -0.39 is 17.9 Å². The van der Waals surface area contributed by atoms with E-state index in [2.05, 4.69) is 26.2 Å². The summed E-state index contributed by atoms with van der Waals surface area (Å²) in [6.45, 7) is 0. The van der Waals surface area contributed by atoms with Gasteiger partial charge < -0.3 is 10.4 Å². The number of carbonyl (C=O) groups is 2. The third kappa shape index (κ3) is 4.39. The number of rotatable bonds is 5. The van der Waals surface area contributed by atoms with E-state index in [4.69, 9.17) is 0 Å². The van der Waals surface area contributed by atoms with Crippen molar-refractivity contribution in [3.8, 4) is 0 Å². The predicted octanol–water partition coefficient (Wildman–Crippen LogP) is 2.27. The van der Waals surface area contributed by atoms with E-state index >= 15 is 0 Å². The molecule has 21 heavy (non-hydrogen) atoms. The summed E-state index contributed by atoms with van der Waals surface area (Å²) in [4.78, 5) is 27.2. The number of carboxylic acid groups (broad SMARTS) is 1. The molecule has 0 saturated carbocycles. The van der Waals surface area contributed by atoms with Crippen LogP contribution in [-0.4, -0.2) is 28.0 Å². The highest BCUT2D eigenvalue weighted by molar-refractivity contribution is 9.10. The SMILES string of the molecule is O=C(N[C@@H](Cc1ccc(Br)cc1)C(=O)O)c1ccccn1. The summed E-state index contributed by atoms with van der Waals surface area (Å²) in [7, 11) is 0. The molecule has 0 aliphatic rings. The molecule has 6 heteroatoms. The molecule has 1 aromatic heterocycles. The van der Waals surface area contributed by atoms with Crippen molar-refractivity contribution < 1.29 is 14.7 Å². The number of pyridine rings is 1. The molecule has 0 aliphatic heterocycles. The molecule has 1 aromatic carbocycles. The molecule has 0 bridgehead atoms. The lowest BCUT2D eigenvalue weighted by Gasteiger charge is -2.14. The number of benzene rings is 1. The maximum absolute atomic E-state index is 12.0. The van der Waals surface area contributed by atoms with Crippen LogP contribution >= 0.6 is 15.9 Å².